The predicted molar refractivity (Wildman–Crippen MR) is 98.8 cm³/mol. The van der Waals surface area contributed by atoms with Crippen LogP contribution in [0.15, 0.2) is 52.4 Å². The Kier molecular flexibility index (Phi) is 3.98. The Morgan fingerprint density at radius 1 is 1.08 bits per heavy atom. The topological polar surface area (TPSA) is 58.0 Å². The summed E-state index contributed by atoms with van der Waals surface area (Å²) in [6, 6.07) is 10.2. The molecule has 4 rings (SSSR count). The van der Waals surface area contributed by atoms with Gasteiger partial charge in [-0.05, 0) is 49.4 Å². The molecule has 124 valence electrons. The van der Waals surface area contributed by atoms with Crippen molar-refractivity contribution in [2.75, 3.05) is 0 Å². The van der Waals surface area contributed by atoms with E-state index < -0.39 is 0 Å². The molecule has 3 aromatic rings. The maximum Gasteiger partial charge on any atom is 0.258 e. The second kappa shape index (κ2) is 6.15. The molecule has 1 saturated carbocycles. The molecule has 0 atom stereocenters. The van der Waals surface area contributed by atoms with Gasteiger partial charge in [0.1, 0.15) is 0 Å². The minimum absolute atomic E-state index is 0.0629. The van der Waals surface area contributed by atoms with E-state index in [4.69, 9.17) is 0 Å². The van der Waals surface area contributed by atoms with Crippen LogP contribution in [0.5, 0.6) is 0 Å². The average molecular weight is 340 g/mol. The van der Waals surface area contributed by atoms with E-state index >= 15 is 0 Å². The fraction of sp³-hybridized carbons (Fsp3) is 0.316. The number of aromatic amines is 1. The van der Waals surface area contributed by atoms with Crippen molar-refractivity contribution in [1.29, 1.82) is 0 Å². The number of aliphatic hydroxyl groups excluding tert-OH is 1. The third kappa shape index (κ3) is 2.68. The molecule has 2 aromatic heterocycles. The molecule has 1 fully saturated rings. The number of pyridine rings is 1. The van der Waals surface area contributed by atoms with Crippen LogP contribution in [0.1, 0.15) is 31.7 Å². The maximum atomic E-state index is 12.5. The van der Waals surface area contributed by atoms with Crippen LogP contribution in [0.25, 0.3) is 22.0 Å². The fourth-order valence-electron chi connectivity index (χ4n) is 3.72. The molecule has 0 unspecified atom stereocenters. The Morgan fingerprint density at radius 2 is 1.79 bits per heavy atom. The summed E-state index contributed by atoms with van der Waals surface area (Å²) in [5.41, 5.74) is 2.87. The van der Waals surface area contributed by atoms with Crippen LogP contribution in [-0.4, -0.2) is 20.8 Å². The largest absolute Gasteiger partial charge is 0.393 e. The molecule has 0 amide bonds. The molecule has 0 bridgehead atoms. The quantitative estimate of drug-likeness (QED) is 0.622. The number of aromatic nitrogens is 2. The number of hydrogen-bond donors (Lipinski definition) is 3. The molecule has 1 aromatic carbocycles. The fourth-order valence-corrected chi connectivity index (χ4v) is 3.86. The van der Waals surface area contributed by atoms with E-state index in [0.717, 1.165) is 52.6 Å². The number of nitrogens with zero attached hydrogens (tertiary/aromatic N) is 1. The summed E-state index contributed by atoms with van der Waals surface area (Å²) < 4.78 is 2.22. The summed E-state index contributed by atoms with van der Waals surface area (Å²) in [5.74, 6) is 0. The number of hydrogen-bond acceptors (Lipinski definition) is 3. The summed E-state index contributed by atoms with van der Waals surface area (Å²) in [6.07, 6.45) is 7.12. The molecule has 0 spiro atoms. The molecule has 5 heteroatoms. The van der Waals surface area contributed by atoms with E-state index in [1.54, 1.807) is 6.20 Å². The summed E-state index contributed by atoms with van der Waals surface area (Å²) in [4.78, 5) is 16.2. The van der Waals surface area contributed by atoms with Crippen molar-refractivity contribution in [3.63, 3.8) is 0 Å². The van der Waals surface area contributed by atoms with Gasteiger partial charge in [0.2, 0.25) is 0 Å². The normalized spacial score (nSPS) is 21.2. The molecule has 2 heterocycles. The number of thiol groups is 1. The van der Waals surface area contributed by atoms with E-state index in [-0.39, 0.29) is 11.7 Å². The molecule has 1 aliphatic rings. The lowest BCUT2D eigenvalue weighted by Gasteiger charge is -2.27. The lowest BCUT2D eigenvalue weighted by Crippen LogP contribution is -2.20. The number of benzene rings is 1. The SMILES string of the molecule is O=c1[nH]ccc2c1c(-c1ccc(S)cc1)cn2C1CCC(O)CC1. The van der Waals surface area contributed by atoms with Crippen molar-refractivity contribution in [2.45, 2.75) is 42.7 Å². The van der Waals surface area contributed by atoms with Crippen molar-refractivity contribution in [1.82, 2.24) is 9.55 Å². The van der Waals surface area contributed by atoms with Gasteiger partial charge < -0.3 is 14.7 Å². The van der Waals surface area contributed by atoms with Gasteiger partial charge >= 0.3 is 0 Å². The first-order valence-corrected chi connectivity index (χ1v) is 8.78. The van der Waals surface area contributed by atoms with Crippen molar-refractivity contribution in [3.8, 4) is 11.1 Å². The van der Waals surface area contributed by atoms with Crippen molar-refractivity contribution < 1.29 is 5.11 Å². The van der Waals surface area contributed by atoms with Gasteiger partial charge in [-0.15, -0.1) is 12.6 Å². The number of nitrogens with one attached hydrogen (secondary N) is 1. The molecule has 2 N–H and O–H groups in total. The van der Waals surface area contributed by atoms with Crippen molar-refractivity contribution in [2.24, 2.45) is 0 Å². The van der Waals surface area contributed by atoms with Gasteiger partial charge in [-0.2, -0.15) is 0 Å². The Bertz CT molecular complexity index is 919. The number of H-pyrrole nitrogens is 1. The first-order valence-electron chi connectivity index (χ1n) is 8.33. The Balaban J connectivity index is 1.88. The standard InChI is InChI=1S/C19H20N2O2S/c22-14-5-3-13(4-6-14)21-11-16(12-1-7-15(24)8-2-12)18-17(21)9-10-20-19(18)23/h1-2,7-11,13-14,22,24H,3-6H2,(H,20,23). The van der Waals surface area contributed by atoms with Gasteiger partial charge in [0, 0.05) is 28.9 Å². The molecular formula is C19H20N2O2S. The Morgan fingerprint density at radius 3 is 2.50 bits per heavy atom. The first kappa shape index (κ1) is 15.5. The van der Waals surface area contributed by atoms with E-state index in [1.807, 2.05) is 30.3 Å². The minimum Gasteiger partial charge on any atom is -0.393 e. The zero-order chi connectivity index (χ0) is 16.7. The summed E-state index contributed by atoms with van der Waals surface area (Å²) >= 11 is 4.34. The zero-order valence-electron chi connectivity index (χ0n) is 13.3. The first-order chi connectivity index (χ1) is 11.6. The second-order valence-electron chi connectivity index (χ2n) is 6.53. The highest BCUT2D eigenvalue weighted by atomic mass is 32.1. The smallest absolute Gasteiger partial charge is 0.258 e. The summed E-state index contributed by atoms with van der Waals surface area (Å²) in [7, 11) is 0. The highest BCUT2D eigenvalue weighted by Gasteiger charge is 2.23. The van der Waals surface area contributed by atoms with E-state index in [2.05, 4.69) is 28.4 Å². The molecule has 1 aliphatic carbocycles. The van der Waals surface area contributed by atoms with Gasteiger partial charge in [-0.25, -0.2) is 0 Å². The van der Waals surface area contributed by atoms with Crippen LogP contribution in [0.3, 0.4) is 0 Å². The van der Waals surface area contributed by atoms with Gasteiger partial charge in [0.05, 0.1) is 17.0 Å². The van der Waals surface area contributed by atoms with Crippen LogP contribution in [-0.2, 0) is 0 Å². The van der Waals surface area contributed by atoms with E-state index in [1.165, 1.54) is 0 Å². The van der Waals surface area contributed by atoms with E-state index in [0.29, 0.717) is 6.04 Å². The third-order valence-corrected chi connectivity index (χ3v) is 5.29. The van der Waals surface area contributed by atoms with Gasteiger partial charge in [-0.3, -0.25) is 4.79 Å². The lowest BCUT2D eigenvalue weighted by atomic mass is 9.93. The Labute approximate surface area is 145 Å². The highest BCUT2D eigenvalue weighted by Crippen LogP contribution is 2.35. The van der Waals surface area contributed by atoms with Gasteiger partial charge in [0.15, 0.2) is 0 Å². The molecule has 0 saturated heterocycles. The third-order valence-electron chi connectivity index (χ3n) is 4.99. The number of fused-ring (bicyclic) bond motifs is 1. The second-order valence-corrected chi connectivity index (χ2v) is 7.04. The van der Waals surface area contributed by atoms with Gasteiger partial charge in [-0.1, -0.05) is 12.1 Å². The van der Waals surface area contributed by atoms with Crippen molar-refractivity contribution >= 4 is 23.5 Å². The van der Waals surface area contributed by atoms with Crippen LogP contribution in [0.4, 0.5) is 0 Å². The van der Waals surface area contributed by atoms with E-state index in [9.17, 15) is 9.90 Å². The molecule has 0 aliphatic heterocycles. The van der Waals surface area contributed by atoms with Gasteiger partial charge in [0.25, 0.3) is 5.56 Å². The van der Waals surface area contributed by atoms with Crippen LogP contribution >= 0.6 is 12.6 Å². The minimum atomic E-state index is -0.186. The average Bonchev–Trinajstić information content (AvgIpc) is 2.97. The number of rotatable bonds is 2. The van der Waals surface area contributed by atoms with Crippen LogP contribution < -0.4 is 5.56 Å². The van der Waals surface area contributed by atoms with Crippen LogP contribution in [0, 0.1) is 0 Å². The lowest BCUT2D eigenvalue weighted by molar-refractivity contribution is 0.111. The van der Waals surface area contributed by atoms with Crippen molar-refractivity contribution in [3.05, 3.63) is 53.1 Å². The predicted octanol–water partition coefficient (Wildman–Crippen LogP) is 3.76. The molecule has 0 radical (unpaired) electrons. The zero-order valence-corrected chi connectivity index (χ0v) is 14.2. The monoisotopic (exact) mass is 340 g/mol. The molecule has 4 nitrogen and oxygen atoms in total. The molecular weight excluding hydrogens is 320 g/mol. The Hall–Kier alpha value is -1.98. The van der Waals surface area contributed by atoms with Crippen LogP contribution in [0.2, 0.25) is 0 Å². The molecule has 24 heavy (non-hydrogen) atoms. The highest BCUT2D eigenvalue weighted by molar-refractivity contribution is 7.80. The number of aliphatic hydroxyl groups is 1. The maximum absolute atomic E-state index is 12.5. The summed E-state index contributed by atoms with van der Waals surface area (Å²) in [5, 5.41) is 10.5. The summed E-state index contributed by atoms with van der Waals surface area (Å²) in [6.45, 7) is 0.